The van der Waals surface area contributed by atoms with Gasteiger partial charge >= 0.3 is 0 Å². The van der Waals surface area contributed by atoms with Gasteiger partial charge in [0.25, 0.3) is 0 Å². The fourth-order valence-corrected chi connectivity index (χ4v) is 3.10. The number of rotatable bonds is 7. The van der Waals surface area contributed by atoms with E-state index in [9.17, 15) is 0 Å². The molecule has 3 heteroatoms. The molecule has 1 aliphatic heterocycles. The lowest BCUT2D eigenvalue weighted by molar-refractivity contribution is 0.638. The molecule has 0 amide bonds. The summed E-state index contributed by atoms with van der Waals surface area (Å²) in [6.45, 7) is 9.81. The van der Waals surface area contributed by atoms with Crippen LogP contribution in [0.4, 0.5) is 5.82 Å². The molecule has 1 saturated heterocycles. The lowest BCUT2D eigenvalue weighted by Gasteiger charge is -2.26. The summed E-state index contributed by atoms with van der Waals surface area (Å²) in [5.41, 5.74) is 2.63. The number of hydrogen-bond acceptors (Lipinski definition) is 3. The Morgan fingerprint density at radius 2 is 2.15 bits per heavy atom. The first-order valence-corrected chi connectivity index (χ1v) is 8.25. The van der Waals surface area contributed by atoms with Crippen LogP contribution in [-0.4, -0.2) is 24.1 Å². The summed E-state index contributed by atoms with van der Waals surface area (Å²) in [7, 11) is 0. The quantitative estimate of drug-likeness (QED) is 0.825. The summed E-state index contributed by atoms with van der Waals surface area (Å²) in [5, 5.41) is 3.43. The average molecular weight is 275 g/mol. The summed E-state index contributed by atoms with van der Waals surface area (Å²) in [6, 6.07) is 5.24. The van der Waals surface area contributed by atoms with E-state index >= 15 is 0 Å². The number of pyridine rings is 1. The first-order chi connectivity index (χ1) is 9.78. The zero-order valence-corrected chi connectivity index (χ0v) is 13.3. The second-order valence-corrected chi connectivity index (χ2v) is 5.75. The zero-order chi connectivity index (χ0) is 14.4. The number of anilines is 1. The molecule has 1 unspecified atom stereocenters. The minimum Gasteiger partial charge on any atom is -0.354 e. The third kappa shape index (κ3) is 3.72. The highest BCUT2D eigenvalue weighted by atomic mass is 15.2. The van der Waals surface area contributed by atoms with E-state index in [1.54, 1.807) is 0 Å². The van der Waals surface area contributed by atoms with Crippen molar-refractivity contribution in [3.05, 3.63) is 23.4 Å². The smallest absolute Gasteiger partial charge is 0.129 e. The van der Waals surface area contributed by atoms with E-state index in [4.69, 9.17) is 4.98 Å². The minimum absolute atomic E-state index is 0.686. The van der Waals surface area contributed by atoms with Gasteiger partial charge in [0.15, 0.2) is 0 Å². The monoisotopic (exact) mass is 275 g/mol. The maximum absolute atomic E-state index is 4.91. The van der Waals surface area contributed by atoms with Crippen molar-refractivity contribution >= 4 is 5.82 Å². The second kappa shape index (κ2) is 7.63. The molecule has 3 nitrogen and oxygen atoms in total. The molecule has 2 rings (SSSR count). The summed E-state index contributed by atoms with van der Waals surface area (Å²) in [6.07, 6.45) is 6.09. The molecule has 20 heavy (non-hydrogen) atoms. The van der Waals surface area contributed by atoms with E-state index in [1.807, 2.05) is 0 Å². The summed E-state index contributed by atoms with van der Waals surface area (Å²) in [5.74, 6) is 1.20. The normalized spacial score (nSPS) is 18.8. The van der Waals surface area contributed by atoms with Gasteiger partial charge in [0.1, 0.15) is 5.82 Å². The number of nitrogens with one attached hydrogen (secondary N) is 1. The fourth-order valence-electron chi connectivity index (χ4n) is 3.10. The molecule has 0 saturated carbocycles. The zero-order valence-electron chi connectivity index (χ0n) is 13.3. The molecule has 0 radical (unpaired) electrons. The van der Waals surface area contributed by atoms with Crippen LogP contribution in [0.25, 0.3) is 0 Å². The van der Waals surface area contributed by atoms with E-state index in [2.05, 4.69) is 43.1 Å². The first kappa shape index (κ1) is 15.3. The average Bonchev–Trinajstić information content (AvgIpc) is 2.93. The van der Waals surface area contributed by atoms with Gasteiger partial charge in [0, 0.05) is 24.8 Å². The molecular formula is C17H29N3. The highest BCUT2D eigenvalue weighted by molar-refractivity contribution is 5.45. The van der Waals surface area contributed by atoms with Gasteiger partial charge in [-0.15, -0.1) is 0 Å². The van der Waals surface area contributed by atoms with E-state index in [1.165, 1.54) is 42.9 Å². The lowest BCUT2D eigenvalue weighted by Crippen LogP contribution is -2.29. The molecule has 1 N–H and O–H groups in total. The lowest BCUT2D eigenvalue weighted by atomic mass is 10.1. The summed E-state index contributed by atoms with van der Waals surface area (Å²) < 4.78 is 0. The predicted octanol–water partition coefficient (Wildman–Crippen LogP) is 3.52. The third-order valence-corrected chi connectivity index (χ3v) is 4.15. The summed E-state index contributed by atoms with van der Waals surface area (Å²) >= 11 is 0. The molecule has 112 valence electrons. The fraction of sp³-hybridized carbons (Fsp3) is 0.706. The van der Waals surface area contributed by atoms with Crippen LogP contribution in [0.2, 0.25) is 0 Å². The summed E-state index contributed by atoms with van der Waals surface area (Å²) in [4.78, 5) is 7.43. The van der Waals surface area contributed by atoms with Crippen LogP contribution in [-0.2, 0) is 13.0 Å². The van der Waals surface area contributed by atoms with Crippen LogP contribution in [0.15, 0.2) is 12.1 Å². The number of hydrogen-bond donors (Lipinski definition) is 1. The van der Waals surface area contributed by atoms with Crippen LogP contribution < -0.4 is 10.2 Å². The van der Waals surface area contributed by atoms with E-state index in [0.717, 1.165) is 25.9 Å². The Labute approximate surface area is 123 Å². The first-order valence-electron chi connectivity index (χ1n) is 8.25. The molecule has 1 atom stereocenters. The Kier molecular flexibility index (Phi) is 5.84. The van der Waals surface area contributed by atoms with Crippen LogP contribution in [0, 0.1) is 0 Å². The molecule has 0 aromatic carbocycles. The van der Waals surface area contributed by atoms with Gasteiger partial charge in [0.2, 0.25) is 0 Å². The Morgan fingerprint density at radius 3 is 2.85 bits per heavy atom. The van der Waals surface area contributed by atoms with E-state index in [-0.39, 0.29) is 0 Å². The number of aryl methyl sites for hydroxylation is 1. The molecule has 0 aliphatic carbocycles. The van der Waals surface area contributed by atoms with E-state index < -0.39 is 0 Å². The third-order valence-electron chi connectivity index (χ3n) is 4.15. The maximum Gasteiger partial charge on any atom is 0.129 e. The van der Waals surface area contributed by atoms with Crippen molar-refractivity contribution in [1.29, 1.82) is 0 Å². The molecule has 2 heterocycles. The van der Waals surface area contributed by atoms with Gasteiger partial charge in [-0.05, 0) is 49.9 Å². The van der Waals surface area contributed by atoms with Crippen molar-refractivity contribution in [2.75, 3.05) is 18.0 Å². The molecule has 1 aliphatic rings. The van der Waals surface area contributed by atoms with Crippen LogP contribution in [0.1, 0.15) is 57.7 Å². The van der Waals surface area contributed by atoms with Crippen molar-refractivity contribution in [1.82, 2.24) is 10.3 Å². The molecule has 0 bridgehead atoms. The second-order valence-electron chi connectivity index (χ2n) is 5.75. The van der Waals surface area contributed by atoms with Crippen LogP contribution in [0.5, 0.6) is 0 Å². The Balaban J connectivity index is 2.23. The highest BCUT2D eigenvalue weighted by Gasteiger charge is 2.24. The minimum atomic E-state index is 0.686. The van der Waals surface area contributed by atoms with Gasteiger partial charge in [-0.25, -0.2) is 4.98 Å². The highest BCUT2D eigenvalue weighted by Crippen LogP contribution is 2.27. The Bertz CT molecular complexity index is 417. The topological polar surface area (TPSA) is 28.2 Å². The van der Waals surface area contributed by atoms with Gasteiger partial charge in [-0.2, -0.15) is 0 Å². The molecule has 1 aromatic rings. The molecule has 1 aromatic heterocycles. The standard InChI is InChI=1S/C17H29N3/c1-4-8-15-11-14(13-18-6-3)12-17(19-15)20-10-7-9-16(20)5-2/h11-12,16,18H,4-10,13H2,1-3H3. The van der Waals surface area contributed by atoms with Crippen molar-refractivity contribution < 1.29 is 0 Å². The maximum atomic E-state index is 4.91. The van der Waals surface area contributed by atoms with Crippen molar-refractivity contribution in [2.45, 2.75) is 65.5 Å². The van der Waals surface area contributed by atoms with E-state index in [0.29, 0.717) is 6.04 Å². The van der Waals surface area contributed by atoms with Crippen molar-refractivity contribution in [3.63, 3.8) is 0 Å². The molecular weight excluding hydrogens is 246 g/mol. The predicted molar refractivity (Wildman–Crippen MR) is 86.3 cm³/mol. The Hall–Kier alpha value is -1.09. The Morgan fingerprint density at radius 1 is 1.30 bits per heavy atom. The molecule has 0 spiro atoms. The van der Waals surface area contributed by atoms with Gasteiger partial charge in [-0.3, -0.25) is 0 Å². The van der Waals surface area contributed by atoms with Gasteiger partial charge in [-0.1, -0.05) is 27.2 Å². The van der Waals surface area contributed by atoms with Gasteiger partial charge in [0.05, 0.1) is 0 Å². The van der Waals surface area contributed by atoms with Crippen molar-refractivity contribution in [2.24, 2.45) is 0 Å². The number of aromatic nitrogens is 1. The molecule has 1 fully saturated rings. The van der Waals surface area contributed by atoms with Gasteiger partial charge < -0.3 is 10.2 Å². The van der Waals surface area contributed by atoms with Crippen LogP contribution >= 0.6 is 0 Å². The largest absolute Gasteiger partial charge is 0.354 e. The SMILES string of the molecule is CCCc1cc(CNCC)cc(N2CCCC2CC)n1. The van der Waals surface area contributed by atoms with Crippen molar-refractivity contribution in [3.8, 4) is 0 Å². The number of nitrogens with zero attached hydrogens (tertiary/aromatic N) is 2. The van der Waals surface area contributed by atoms with Crippen LogP contribution in [0.3, 0.4) is 0 Å².